The number of carbonyl (C=O) groups excluding carboxylic acids is 1. The van der Waals surface area contributed by atoms with Gasteiger partial charge in [0.2, 0.25) is 5.91 Å². The van der Waals surface area contributed by atoms with E-state index < -0.39 is 0 Å². The Morgan fingerprint density at radius 1 is 1.35 bits per heavy atom. The van der Waals surface area contributed by atoms with Crippen LogP contribution in [0.5, 0.6) is 0 Å². The third-order valence-electron chi connectivity index (χ3n) is 3.76. The minimum atomic E-state index is 0.0241. The number of thiazole rings is 1. The molecular weight excluding hydrogens is 310 g/mol. The number of likely N-dealkylation sites (N-methyl/N-ethyl adjacent to an activating group) is 1. The highest BCUT2D eigenvalue weighted by Gasteiger charge is 2.19. The molecule has 2 heterocycles. The third kappa shape index (κ3) is 3.45. The summed E-state index contributed by atoms with van der Waals surface area (Å²) in [6.45, 7) is 2.02. The van der Waals surface area contributed by atoms with E-state index in [9.17, 15) is 4.79 Å². The van der Waals surface area contributed by atoms with E-state index in [-0.39, 0.29) is 18.4 Å². The molecule has 1 unspecified atom stereocenters. The average Bonchev–Trinajstić information content (AvgIpc) is 3.25. The van der Waals surface area contributed by atoms with Gasteiger partial charge in [0.15, 0.2) is 10.8 Å². The molecule has 1 N–H and O–H groups in total. The van der Waals surface area contributed by atoms with Crippen LogP contribution in [0.25, 0.3) is 10.8 Å². The van der Waals surface area contributed by atoms with Gasteiger partial charge in [0.05, 0.1) is 18.2 Å². The van der Waals surface area contributed by atoms with E-state index in [0.717, 1.165) is 16.3 Å². The molecule has 0 fully saturated rings. The number of nitrogens with zero attached hydrogens (tertiary/aromatic N) is 4. The van der Waals surface area contributed by atoms with Crippen molar-refractivity contribution < 1.29 is 4.79 Å². The van der Waals surface area contributed by atoms with Crippen molar-refractivity contribution >= 4 is 17.2 Å². The van der Waals surface area contributed by atoms with Crippen LogP contribution in [0.4, 0.5) is 0 Å². The van der Waals surface area contributed by atoms with Crippen molar-refractivity contribution in [1.82, 2.24) is 25.1 Å². The normalized spacial score (nSPS) is 12.1. The second-order valence-electron chi connectivity index (χ2n) is 5.25. The Morgan fingerprint density at radius 2 is 2.13 bits per heavy atom. The molecule has 0 aliphatic rings. The zero-order chi connectivity index (χ0) is 16.2. The van der Waals surface area contributed by atoms with Crippen molar-refractivity contribution in [2.24, 2.45) is 0 Å². The molecule has 0 saturated heterocycles. The van der Waals surface area contributed by atoms with E-state index >= 15 is 0 Å². The monoisotopic (exact) mass is 327 g/mol. The maximum atomic E-state index is 12.5. The Morgan fingerprint density at radius 3 is 2.83 bits per heavy atom. The molecule has 118 valence electrons. The number of H-pyrrole nitrogens is 1. The number of nitrogens with one attached hydrogen (secondary N) is 1. The first kappa shape index (κ1) is 15.4. The van der Waals surface area contributed by atoms with Crippen LogP contribution < -0.4 is 0 Å². The minimum absolute atomic E-state index is 0.0241. The van der Waals surface area contributed by atoms with Crippen molar-refractivity contribution in [2.45, 2.75) is 19.4 Å². The summed E-state index contributed by atoms with van der Waals surface area (Å²) in [4.78, 5) is 22.7. The average molecular weight is 327 g/mol. The first-order chi connectivity index (χ1) is 11.1. The molecule has 1 atom stereocenters. The molecule has 0 aliphatic heterocycles. The van der Waals surface area contributed by atoms with Gasteiger partial charge in [0.1, 0.15) is 6.33 Å². The summed E-state index contributed by atoms with van der Waals surface area (Å²) in [5.41, 5.74) is 1.86. The van der Waals surface area contributed by atoms with Gasteiger partial charge < -0.3 is 4.90 Å². The van der Waals surface area contributed by atoms with E-state index in [4.69, 9.17) is 0 Å². The second-order valence-corrected chi connectivity index (χ2v) is 6.10. The van der Waals surface area contributed by atoms with E-state index in [2.05, 4.69) is 20.2 Å². The molecule has 1 aromatic carbocycles. The molecule has 0 spiro atoms. The molecule has 7 heteroatoms. The van der Waals surface area contributed by atoms with E-state index in [1.54, 1.807) is 4.90 Å². The van der Waals surface area contributed by atoms with Crippen molar-refractivity contribution in [3.63, 3.8) is 0 Å². The van der Waals surface area contributed by atoms with Crippen molar-refractivity contribution in [2.75, 3.05) is 7.05 Å². The molecule has 0 aliphatic carbocycles. The largest absolute Gasteiger partial charge is 0.339 e. The van der Waals surface area contributed by atoms with Crippen molar-refractivity contribution in [3.8, 4) is 10.8 Å². The Balaban J connectivity index is 1.67. The Labute approximate surface area is 138 Å². The SMILES string of the molecule is CC(c1ccccc1)N(C)C(=O)Cc1csc(-c2ncn[nH]2)n1. The van der Waals surface area contributed by atoms with Gasteiger partial charge in [0, 0.05) is 12.4 Å². The number of rotatable bonds is 5. The van der Waals surface area contributed by atoms with Crippen LogP contribution in [0.2, 0.25) is 0 Å². The van der Waals surface area contributed by atoms with Gasteiger partial charge in [-0.05, 0) is 12.5 Å². The molecule has 0 saturated carbocycles. The number of benzene rings is 1. The quantitative estimate of drug-likeness (QED) is 0.782. The summed E-state index contributed by atoms with van der Waals surface area (Å²) in [6.07, 6.45) is 1.72. The summed E-state index contributed by atoms with van der Waals surface area (Å²) in [5, 5.41) is 9.21. The van der Waals surface area contributed by atoms with Gasteiger partial charge in [-0.2, -0.15) is 5.10 Å². The van der Waals surface area contributed by atoms with Crippen LogP contribution in [0.1, 0.15) is 24.2 Å². The number of carbonyl (C=O) groups is 1. The smallest absolute Gasteiger partial charge is 0.228 e. The molecule has 1 amide bonds. The van der Waals surface area contributed by atoms with Crippen LogP contribution in [0, 0.1) is 0 Å². The topological polar surface area (TPSA) is 74.8 Å². The van der Waals surface area contributed by atoms with Gasteiger partial charge >= 0.3 is 0 Å². The Bertz CT molecular complexity index is 769. The standard InChI is InChI=1S/C16H17N5OS/c1-11(12-6-4-3-5-7-12)21(2)14(22)8-13-9-23-16(19-13)15-17-10-18-20-15/h3-7,9-11H,8H2,1-2H3,(H,17,18,20). The van der Waals surface area contributed by atoms with Crippen LogP contribution in [0.3, 0.4) is 0 Å². The van der Waals surface area contributed by atoms with Crippen LogP contribution >= 0.6 is 11.3 Å². The summed E-state index contributed by atoms with van der Waals surface area (Å²) in [6, 6.07) is 10.0. The van der Waals surface area contributed by atoms with E-state index in [1.807, 2.05) is 49.7 Å². The lowest BCUT2D eigenvalue weighted by molar-refractivity contribution is -0.131. The van der Waals surface area contributed by atoms with Crippen molar-refractivity contribution in [3.05, 3.63) is 53.3 Å². The molecular formula is C16H17N5OS. The maximum Gasteiger partial charge on any atom is 0.228 e. The Hall–Kier alpha value is -2.54. The number of amides is 1. The molecule has 0 bridgehead atoms. The lowest BCUT2D eigenvalue weighted by Crippen LogP contribution is -2.31. The zero-order valence-corrected chi connectivity index (χ0v) is 13.7. The molecule has 3 rings (SSSR count). The van der Waals surface area contributed by atoms with E-state index in [0.29, 0.717) is 5.82 Å². The van der Waals surface area contributed by atoms with E-state index in [1.165, 1.54) is 17.7 Å². The van der Waals surface area contributed by atoms with Gasteiger partial charge in [-0.1, -0.05) is 30.3 Å². The number of hydrogen-bond acceptors (Lipinski definition) is 5. The first-order valence-corrected chi connectivity index (χ1v) is 8.14. The highest BCUT2D eigenvalue weighted by atomic mass is 32.1. The molecule has 2 aromatic heterocycles. The lowest BCUT2D eigenvalue weighted by Gasteiger charge is -2.25. The van der Waals surface area contributed by atoms with Gasteiger partial charge in [-0.15, -0.1) is 11.3 Å². The Kier molecular flexibility index (Phi) is 4.47. The number of hydrogen-bond donors (Lipinski definition) is 1. The fraction of sp³-hybridized carbons (Fsp3) is 0.250. The summed E-state index contributed by atoms with van der Waals surface area (Å²) < 4.78 is 0. The fourth-order valence-electron chi connectivity index (χ4n) is 2.26. The van der Waals surface area contributed by atoms with Crippen molar-refractivity contribution in [1.29, 1.82) is 0 Å². The highest BCUT2D eigenvalue weighted by Crippen LogP contribution is 2.22. The molecule has 23 heavy (non-hydrogen) atoms. The summed E-state index contributed by atoms with van der Waals surface area (Å²) in [7, 11) is 1.82. The lowest BCUT2D eigenvalue weighted by atomic mass is 10.1. The number of aromatic amines is 1. The third-order valence-corrected chi connectivity index (χ3v) is 4.66. The molecule has 3 aromatic rings. The molecule has 6 nitrogen and oxygen atoms in total. The van der Waals surface area contributed by atoms with Crippen LogP contribution in [-0.2, 0) is 11.2 Å². The van der Waals surface area contributed by atoms with Crippen LogP contribution in [0.15, 0.2) is 42.0 Å². The predicted molar refractivity (Wildman–Crippen MR) is 88.8 cm³/mol. The zero-order valence-electron chi connectivity index (χ0n) is 12.9. The number of aromatic nitrogens is 4. The second kappa shape index (κ2) is 6.70. The summed E-state index contributed by atoms with van der Waals surface area (Å²) >= 11 is 1.45. The molecule has 0 radical (unpaired) electrons. The maximum absolute atomic E-state index is 12.5. The first-order valence-electron chi connectivity index (χ1n) is 7.26. The van der Waals surface area contributed by atoms with Gasteiger partial charge in [-0.3, -0.25) is 9.89 Å². The highest BCUT2D eigenvalue weighted by molar-refractivity contribution is 7.13. The van der Waals surface area contributed by atoms with Gasteiger partial charge in [-0.25, -0.2) is 9.97 Å². The fourth-order valence-corrected chi connectivity index (χ4v) is 3.02. The predicted octanol–water partition coefficient (Wildman–Crippen LogP) is 2.69. The van der Waals surface area contributed by atoms with Gasteiger partial charge in [0.25, 0.3) is 0 Å². The summed E-state index contributed by atoms with van der Waals surface area (Å²) in [5.74, 6) is 0.662. The van der Waals surface area contributed by atoms with Crippen LogP contribution in [-0.4, -0.2) is 38.0 Å². The minimum Gasteiger partial charge on any atom is -0.339 e.